The maximum atomic E-state index is 11.7. The van der Waals surface area contributed by atoms with Crippen LogP contribution in [0.3, 0.4) is 0 Å². The third-order valence-corrected chi connectivity index (χ3v) is 2.55. The number of ether oxygens (including phenoxy) is 1. The summed E-state index contributed by atoms with van der Waals surface area (Å²) in [4.78, 5) is 24.4. The van der Waals surface area contributed by atoms with Gasteiger partial charge in [-0.05, 0) is 30.7 Å². The molecule has 0 fully saturated rings. The Morgan fingerprint density at radius 1 is 1.33 bits per heavy atom. The first kappa shape index (κ1) is 14.0. The number of nitrogen functional groups attached to an aromatic ring is 1. The summed E-state index contributed by atoms with van der Waals surface area (Å²) in [5.74, 6) is -0.513. The summed E-state index contributed by atoms with van der Waals surface area (Å²) in [5, 5.41) is 0. The van der Waals surface area contributed by atoms with Gasteiger partial charge in [0.15, 0.2) is 0 Å². The molecule has 0 heterocycles. The Balaban J connectivity index is 2.50. The molecule has 0 unspecified atom stereocenters. The number of amides is 1. The molecule has 98 valence electrons. The van der Waals surface area contributed by atoms with Gasteiger partial charge in [0.1, 0.15) is 6.61 Å². The van der Waals surface area contributed by atoms with Crippen molar-refractivity contribution in [1.82, 2.24) is 4.90 Å². The monoisotopic (exact) mass is 250 g/mol. The van der Waals surface area contributed by atoms with E-state index in [1.807, 2.05) is 6.92 Å². The van der Waals surface area contributed by atoms with Crippen molar-refractivity contribution in [3.05, 3.63) is 29.3 Å². The molecule has 0 saturated carbocycles. The average molecular weight is 250 g/mol. The number of rotatable bonds is 4. The highest BCUT2D eigenvalue weighted by molar-refractivity contribution is 5.90. The Morgan fingerprint density at radius 2 is 2.00 bits per heavy atom. The summed E-state index contributed by atoms with van der Waals surface area (Å²) in [6.45, 7) is 1.90. The summed E-state index contributed by atoms with van der Waals surface area (Å²) in [5.41, 5.74) is 7.56. The number of nitrogens with two attached hydrogens (primary N) is 1. The number of carbonyl (C=O) groups is 2. The number of esters is 1. The van der Waals surface area contributed by atoms with E-state index in [4.69, 9.17) is 10.5 Å². The summed E-state index contributed by atoms with van der Waals surface area (Å²) < 4.78 is 5.02. The van der Waals surface area contributed by atoms with Crippen LogP contribution in [0.4, 0.5) is 5.69 Å². The van der Waals surface area contributed by atoms with Crippen LogP contribution in [0.1, 0.15) is 22.3 Å². The second-order valence-corrected chi connectivity index (χ2v) is 4.25. The van der Waals surface area contributed by atoms with Gasteiger partial charge in [0, 0.05) is 19.8 Å². The van der Waals surface area contributed by atoms with Crippen LogP contribution in [0, 0.1) is 6.92 Å². The fourth-order valence-electron chi connectivity index (χ4n) is 1.34. The molecule has 0 aliphatic rings. The number of aryl methyl sites for hydroxylation is 1. The lowest BCUT2D eigenvalue weighted by molar-refractivity contribution is -0.129. The van der Waals surface area contributed by atoms with Crippen molar-refractivity contribution in [1.29, 1.82) is 0 Å². The van der Waals surface area contributed by atoms with Crippen molar-refractivity contribution >= 4 is 17.6 Å². The van der Waals surface area contributed by atoms with Gasteiger partial charge in [-0.15, -0.1) is 0 Å². The van der Waals surface area contributed by atoms with Gasteiger partial charge in [0.05, 0.1) is 12.0 Å². The number of hydrogen-bond acceptors (Lipinski definition) is 4. The molecule has 0 aromatic heterocycles. The van der Waals surface area contributed by atoms with Gasteiger partial charge < -0.3 is 15.4 Å². The van der Waals surface area contributed by atoms with Crippen LogP contribution in [0.25, 0.3) is 0 Å². The first-order valence-electron chi connectivity index (χ1n) is 5.65. The van der Waals surface area contributed by atoms with E-state index in [1.165, 1.54) is 4.90 Å². The largest absolute Gasteiger partial charge is 0.462 e. The van der Waals surface area contributed by atoms with Crippen LogP contribution in [0.15, 0.2) is 18.2 Å². The van der Waals surface area contributed by atoms with E-state index in [9.17, 15) is 9.59 Å². The molecule has 0 atom stereocenters. The number of nitrogens with zero attached hydrogens (tertiary/aromatic N) is 1. The molecule has 5 heteroatoms. The van der Waals surface area contributed by atoms with Gasteiger partial charge in [-0.2, -0.15) is 0 Å². The lowest BCUT2D eigenvalue weighted by Crippen LogP contribution is -2.23. The van der Waals surface area contributed by atoms with Crippen LogP contribution < -0.4 is 5.73 Å². The zero-order valence-electron chi connectivity index (χ0n) is 10.9. The Kier molecular flexibility index (Phi) is 4.71. The maximum absolute atomic E-state index is 11.7. The minimum Gasteiger partial charge on any atom is -0.462 e. The molecular formula is C13H18N2O3. The number of benzene rings is 1. The van der Waals surface area contributed by atoms with Gasteiger partial charge in [-0.3, -0.25) is 4.79 Å². The molecule has 1 amide bonds. The zero-order chi connectivity index (χ0) is 13.7. The smallest absolute Gasteiger partial charge is 0.338 e. The highest BCUT2D eigenvalue weighted by Crippen LogP contribution is 2.13. The van der Waals surface area contributed by atoms with Gasteiger partial charge in [-0.1, -0.05) is 0 Å². The minimum atomic E-state index is -0.440. The SMILES string of the molecule is Cc1cc(C(=O)OCCC(=O)N(C)C)ccc1N. The van der Waals surface area contributed by atoms with E-state index < -0.39 is 5.97 Å². The third kappa shape index (κ3) is 3.76. The Bertz CT molecular complexity index is 456. The Morgan fingerprint density at radius 3 is 2.56 bits per heavy atom. The molecule has 0 saturated heterocycles. The molecule has 5 nitrogen and oxygen atoms in total. The van der Waals surface area contributed by atoms with E-state index in [0.29, 0.717) is 11.3 Å². The van der Waals surface area contributed by atoms with E-state index in [-0.39, 0.29) is 18.9 Å². The van der Waals surface area contributed by atoms with Crippen LogP contribution in [-0.4, -0.2) is 37.5 Å². The van der Waals surface area contributed by atoms with Crippen molar-refractivity contribution in [3.63, 3.8) is 0 Å². The predicted molar refractivity (Wildman–Crippen MR) is 69.2 cm³/mol. The third-order valence-electron chi connectivity index (χ3n) is 2.55. The molecule has 1 aromatic carbocycles. The van der Waals surface area contributed by atoms with E-state index in [1.54, 1.807) is 32.3 Å². The summed E-state index contributed by atoms with van der Waals surface area (Å²) in [7, 11) is 3.32. The Labute approximate surface area is 107 Å². The molecular weight excluding hydrogens is 232 g/mol. The highest BCUT2D eigenvalue weighted by Gasteiger charge is 2.10. The lowest BCUT2D eigenvalue weighted by atomic mass is 10.1. The van der Waals surface area contributed by atoms with Crippen LogP contribution in [-0.2, 0) is 9.53 Å². The first-order chi connectivity index (χ1) is 8.41. The fourth-order valence-corrected chi connectivity index (χ4v) is 1.34. The minimum absolute atomic E-state index is 0.0729. The first-order valence-corrected chi connectivity index (χ1v) is 5.65. The number of carbonyl (C=O) groups excluding carboxylic acids is 2. The molecule has 0 aliphatic heterocycles. The standard InChI is InChI=1S/C13H18N2O3/c1-9-8-10(4-5-11(9)14)13(17)18-7-6-12(16)15(2)3/h4-5,8H,6-7,14H2,1-3H3. The summed E-state index contributed by atoms with van der Waals surface area (Å²) in [6, 6.07) is 4.95. The quantitative estimate of drug-likeness (QED) is 0.644. The second kappa shape index (κ2) is 6.05. The van der Waals surface area contributed by atoms with Crippen molar-refractivity contribution < 1.29 is 14.3 Å². The van der Waals surface area contributed by atoms with Crippen LogP contribution in [0.2, 0.25) is 0 Å². The number of anilines is 1. The van der Waals surface area contributed by atoms with E-state index >= 15 is 0 Å². The van der Waals surface area contributed by atoms with Gasteiger partial charge in [0.25, 0.3) is 0 Å². The van der Waals surface area contributed by atoms with Crippen molar-refractivity contribution in [2.75, 3.05) is 26.4 Å². The zero-order valence-corrected chi connectivity index (χ0v) is 10.9. The topological polar surface area (TPSA) is 72.6 Å². The van der Waals surface area contributed by atoms with Crippen molar-refractivity contribution in [2.45, 2.75) is 13.3 Å². The Hall–Kier alpha value is -2.04. The summed E-state index contributed by atoms with van der Waals surface area (Å²) >= 11 is 0. The van der Waals surface area contributed by atoms with Crippen LogP contribution >= 0.6 is 0 Å². The van der Waals surface area contributed by atoms with Gasteiger partial charge >= 0.3 is 5.97 Å². The molecule has 0 aliphatic carbocycles. The fraction of sp³-hybridized carbons (Fsp3) is 0.385. The lowest BCUT2D eigenvalue weighted by Gasteiger charge is -2.10. The maximum Gasteiger partial charge on any atom is 0.338 e. The normalized spacial score (nSPS) is 9.94. The van der Waals surface area contributed by atoms with E-state index in [2.05, 4.69) is 0 Å². The molecule has 18 heavy (non-hydrogen) atoms. The van der Waals surface area contributed by atoms with Gasteiger partial charge in [-0.25, -0.2) is 4.79 Å². The van der Waals surface area contributed by atoms with Crippen molar-refractivity contribution in [3.8, 4) is 0 Å². The molecule has 1 aromatic rings. The highest BCUT2D eigenvalue weighted by atomic mass is 16.5. The van der Waals surface area contributed by atoms with Crippen LogP contribution in [0.5, 0.6) is 0 Å². The second-order valence-electron chi connectivity index (χ2n) is 4.25. The van der Waals surface area contributed by atoms with Crippen molar-refractivity contribution in [2.24, 2.45) is 0 Å². The van der Waals surface area contributed by atoms with Gasteiger partial charge in [0.2, 0.25) is 5.91 Å². The summed E-state index contributed by atoms with van der Waals surface area (Å²) in [6.07, 6.45) is 0.187. The predicted octanol–water partition coefficient (Wildman–Crippen LogP) is 1.21. The molecule has 0 bridgehead atoms. The molecule has 2 N–H and O–H groups in total. The average Bonchev–Trinajstić information content (AvgIpc) is 2.32. The van der Waals surface area contributed by atoms with E-state index in [0.717, 1.165) is 5.56 Å². The molecule has 1 rings (SSSR count). The molecule has 0 spiro atoms. The number of hydrogen-bond donors (Lipinski definition) is 1. The molecule has 0 radical (unpaired) electrons.